The molecule has 0 aliphatic heterocycles. The molecule has 62 heavy (non-hydrogen) atoms. The van der Waals surface area contributed by atoms with E-state index in [2.05, 4.69) is 34.6 Å². The van der Waals surface area contributed by atoms with Crippen molar-refractivity contribution in [3.05, 3.63) is 124 Å². The number of hydrogen-bond donors (Lipinski definition) is 0. The van der Waals surface area contributed by atoms with E-state index in [1.54, 1.807) is 6.92 Å². The molecule has 2 aromatic heterocycles. The first-order valence-corrected chi connectivity index (χ1v) is 22.7. The van der Waals surface area contributed by atoms with Crippen LogP contribution in [0.5, 0.6) is 0 Å². The van der Waals surface area contributed by atoms with E-state index in [0.717, 1.165) is 61.6 Å². The summed E-state index contributed by atoms with van der Waals surface area (Å²) < 4.78 is 24.9. The number of ketones is 1. The monoisotopic (exact) mass is 842 g/mol. The molecule has 10 heteroatoms. The van der Waals surface area contributed by atoms with E-state index >= 15 is 4.79 Å². The van der Waals surface area contributed by atoms with E-state index in [-0.39, 0.29) is 64.5 Å². The van der Waals surface area contributed by atoms with Gasteiger partial charge in [0.1, 0.15) is 0 Å². The van der Waals surface area contributed by atoms with E-state index in [0.29, 0.717) is 12.8 Å². The molecule has 10 atom stereocenters. The highest BCUT2D eigenvalue weighted by molar-refractivity contribution is 5.96. The van der Waals surface area contributed by atoms with Crippen LogP contribution in [0.15, 0.2) is 98.3 Å². The lowest BCUT2D eigenvalue weighted by atomic mass is 9.33. The Morgan fingerprint density at radius 1 is 0.823 bits per heavy atom. The number of allylic oxidation sites excluding steroid dienone is 2. The summed E-state index contributed by atoms with van der Waals surface area (Å²) in [5.41, 5.74) is 1.01. The van der Waals surface area contributed by atoms with Crippen LogP contribution in [0.25, 0.3) is 0 Å². The van der Waals surface area contributed by atoms with Gasteiger partial charge in [0.05, 0.1) is 23.1 Å². The van der Waals surface area contributed by atoms with Crippen molar-refractivity contribution >= 4 is 17.7 Å². The van der Waals surface area contributed by atoms with E-state index in [1.165, 1.54) is 5.57 Å². The van der Waals surface area contributed by atoms with Crippen LogP contribution in [0, 0.1) is 64.1 Å². The third kappa shape index (κ3) is 6.35. The average Bonchev–Trinajstić information content (AvgIpc) is 3.83. The van der Waals surface area contributed by atoms with Gasteiger partial charge < -0.3 is 18.3 Å². The molecule has 0 amide bonds. The molecular formula is C52H62N2O8. The van der Waals surface area contributed by atoms with Crippen LogP contribution >= 0.6 is 0 Å². The Bertz CT molecular complexity index is 2440. The lowest BCUT2D eigenvalue weighted by molar-refractivity contribution is -0.209. The number of ether oxygens (including phenoxy) is 2. The molecule has 5 aliphatic rings. The normalized spacial score (nSPS) is 36.4. The third-order valence-electron chi connectivity index (χ3n) is 17.8. The maximum atomic E-state index is 15.4. The number of carbonyl (C=O) groups excluding carboxylic acids is 3. The average molecular weight is 843 g/mol. The molecule has 0 radical (unpaired) electrons. The number of hydrogen-bond acceptors (Lipinski definition) is 9. The van der Waals surface area contributed by atoms with E-state index in [4.69, 9.17) is 23.4 Å². The number of rotatable bonds is 8. The van der Waals surface area contributed by atoms with Gasteiger partial charge in [-0.3, -0.25) is 19.1 Å². The summed E-state index contributed by atoms with van der Waals surface area (Å²) >= 11 is 0. The largest absolute Gasteiger partial charge is 0.519 e. The van der Waals surface area contributed by atoms with Gasteiger partial charge in [-0.2, -0.15) is 5.10 Å². The van der Waals surface area contributed by atoms with E-state index < -0.39 is 39.6 Å². The zero-order valence-corrected chi connectivity index (χ0v) is 37.6. The molecule has 4 saturated carbocycles. The number of benzene rings is 2. The van der Waals surface area contributed by atoms with Gasteiger partial charge in [-0.05, 0) is 142 Å². The van der Waals surface area contributed by atoms with Gasteiger partial charge in [0, 0.05) is 12.1 Å². The second kappa shape index (κ2) is 14.8. The maximum absolute atomic E-state index is 15.4. The summed E-state index contributed by atoms with van der Waals surface area (Å²) in [5.74, 6) is -1.31. The van der Waals surface area contributed by atoms with Crippen LogP contribution in [0.2, 0.25) is 0 Å². The van der Waals surface area contributed by atoms with Crippen molar-refractivity contribution in [2.45, 2.75) is 132 Å². The topological polar surface area (TPSA) is 131 Å². The van der Waals surface area contributed by atoms with Crippen LogP contribution in [0.4, 0.5) is 0 Å². The van der Waals surface area contributed by atoms with Crippen LogP contribution < -0.4 is 5.82 Å². The molecular weight excluding hydrogens is 781 g/mol. The third-order valence-corrected chi connectivity index (χ3v) is 17.8. The summed E-state index contributed by atoms with van der Waals surface area (Å²) in [5, 5.41) is 4.73. The Labute approximate surface area is 364 Å². The van der Waals surface area contributed by atoms with Gasteiger partial charge in [0.2, 0.25) is 0 Å². The Hall–Kier alpha value is -4.99. The van der Waals surface area contributed by atoms with Gasteiger partial charge >= 0.3 is 17.8 Å². The molecule has 2 aromatic carbocycles. The molecule has 10 nitrogen and oxygen atoms in total. The Morgan fingerprint density at radius 3 is 2.10 bits per heavy atom. The number of fused-ring (bicyclic) bond motifs is 7. The smallest absolute Gasteiger partial charge is 0.457 e. The van der Waals surface area contributed by atoms with Crippen molar-refractivity contribution in [3.63, 3.8) is 0 Å². The quantitative estimate of drug-likeness (QED) is 0.159. The highest BCUT2D eigenvalue weighted by Crippen LogP contribution is 2.76. The summed E-state index contributed by atoms with van der Waals surface area (Å²) in [6.07, 6.45) is 12.4. The zero-order valence-electron chi connectivity index (χ0n) is 37.6. The maximum Gasteiger partial charge on any atom is 0.519 e. The lowest BCUT2D eigenvalue weighted by Gasteiger charge is -2.70. The molecule has 328 valence electrons. The first kappa shape index (κ1) is 42.3. The molecule has 5 aliphatic carbocycles. The van der Waals surface area contributed by atoms with Crippen molar-refractivity contribution in [2.75, 3.05) is 0 Å². The summed E-state index contributed by atoms with van der Waals surface area (Å²) in [6, 6.07) is 19.6. The number of carbonyl (C=O) groups is 3. The standard InChI is InChI=1S/C52H62N2O8/c1-32-29-53-54(30-32)41-20-21-49(5)40(52(41,8)45(57)59-31-39-33(2)60-46(58)61-39)19-22-51(7)43(49)38(55)27-36-37-28-48(4,24-23-47(37,3)25-26-50(36,51)6)44(56)62-42(34-15-11-9-12-16-34)35-17-13-10-14-18-35/h9-18,27,29-30,37,40-43H,19-26,28,31H2,1-8H3/t37-,40+,41-,43+,47+,48-,49-,50+,51+,52-/m0/s1. The van der Waals surface area contributed by atoms with Crippen molar-refractivity contribution in [1.82, 2.24) is 9.78 Å². The fourth-order valence-electron chi connectivity index (χ4n) is 14.0. The van der Waals surface area contributed by atoms with Crippen molar-refractivity contribution in [3.8, 4) is 0 Å². The predicted octanol–water partition coefficient (Wildman–Crippen LogP) is 10.6. The lowest BCUT2D eigenvalue weighted by Crippen LogP contribution is -2.67. The van der Waals surface area contributed by atoms with Crippen LogP contribution in [-0.2, 0) is 30.5 Å². The number of aryl methyl sites for hydroxylation is 2. The molecule has 0 bridgehead atoms. The van der Waals surface area contributed by atoms with E-state index in [9.17, 15) is 14.4 Å². The first-order valence-electron chi connectivity index (χ1n) is 22.7. The molecule has 0 spiro atoms. The van der Waals surface area contributed by atoms with Gasteiger partial charge in [-0.25, -0.2) is 4.79 Å². The van der Waals surface area contributed by atoms with Gasteiger partial charge in [0.25, 0.3) is 0 Å². The molecule has 4 aromatic rings. The van der Waals surface area contributed by atoms with Gasteiger partial charge in [-0.1, -0.05) is 93.9 Å². The minimum atomic E-state index is -1.05. The molecule has 0 N–H and O–H groups in total. The zero-order chi connectivity index (χ0) is 44.0. The predicted molar refractivity (Wildman–Crippen MR) is 232 cm³/mol. The fourth-order valence-corrected chi connectivity index (χ4v) is 14.0. The molecule has 4 fully saturated rings. The van der Waals surface area contributed by atoms with Crippen LogP contribution in [0.3, 0.4) is 0 Å². The Balaban J connectivity index is 1.05. The number of esters is 2. The molecule has 0 unspecified atom stereocenters. The van der Waals surface area contributed by atoms with Gasteiger partial charge in [0.15, 0.2) is 30.0 Å². The molecule has 0 saturated heterocycles. The number of nitrogens with zero attached hydrogens (tertiary/aromatic N) is 2. The number of aromatic nitrogens is 2. The highest BCUT2D eigenvalue weighted by Gasteiger charge is 2.72. The SMILES string of the molecule is Cc1cnn([C@H]2CC[C@@]3(C)[C@@H](CC[C@]4(C)[C@@H]3C(=O)C=C3[C@@H]5C[C@@](C)(C(=O)OC(c6ccccc6)c6ccccc6)CC[C@]5(C)CC[C@]34C)[C@]2(C)C(=O)OCc2oc(=O)oc2C)c1. The summed E-state index contributed by atoms with van der Waals surface area (Å²) in [4.78, 5) is 56.7. The minimum absolute atomic E-state index is 0.0390. The van der Waals surface area contributed by atoms with Crippen LogP contribution in [-0.4, -0.2) is 27.5 Å². The van der Waals surface area contributed by atoms with Crippen molar-refractivity contribution < 1.29 is 32.7 Å². The summed E-state index contributed by atoms with van der Waals surface area (Å²) in [7, 11) is 0. The molecule has 9 rings (SSSR count). The van der Waals surface area contributed by atoms with Crippen molar-refractivity contribution in [1.29, 1.82) is 0 Å². The van der Waals surface area contributed by atoms with Crippen molar-refractivity contribution in [2.24, 2.45) is 50.2 Å². The second-order valence-corrected chi connectivity index (χ2v) is 21.2. The van der Waals surface area contributed by atoms with Crippen LogP contribution in [0.1, 0.15) is 140 Å². The Morgan fingerprint density at radius 2 is 1.48 bits per heavy atom. The summed E-state index contributed by atoms with van der Waals surface area (Å²) in [6.45, 7) is 16.9. The first-order chi connectivity index (χ1) is 29.4. The van der Waals surface area contributed by atoms with E-state index in [1.807, 2.05) is 97.7 Å². The second-order valence-electron chi connectivity index (χ2n) is 21.2. The highest BCUT2D eigenvalue weighted by atomic mass is 16.6. The minimum Gasteiger partial charge on any atom is -0.457 e. The Kier molecular flexibility index (Phi) is 10.1. The fraction of sp³-hybridized carbons (Fsp3) is 0.558. The molecule has 2 heterocycles. The van der Waals surface area contributed by atoms with Gasteiger partial charge in [-0.15, -0.1) is 0 Å².